The molecule has 194 valence electrons. The Labute approximate surface area is 233 Å². The number of carbonyl (C=O) groups is 1. The second kappa shape index (κ2) is 10.9. The van der Waals surface area contributed by atoms with E-state index in [1.807, 2.05) is 18.2 Å². The lowest BCUT2D eigenvalue weighted by Crippen LogP contribution is -2.29. The number of aromatic nitrogens is 3. The van der Waals surface area contributed by atoms with E-state index >= 15 is 0 Å². The zero-order valence-electron chi connectivity index (χ0n) is 20.2. The van der Waals surface area contributed by atoms with Crippen molar-refractivity contribution in [3.05, 3.63) is 104 Å². The summed E-state index contributed by atoms with van der Waals surface area (Å²) in [6.45, 7) is 0.142. The van der Waals surface area contributed by atoms with E-state index in [1.54, 1.807) is 47.1 Å². The Hall–Kier alpha value is -3.72. The minimum Gasteiger partial charge on any atom is -0.493 e. The Morgan fingerprint density at radius 3 is 2.42 bits per heavy atom. The van der Waals surface area contributed by atoms with Crippen molar-refractivity contribution >= 4 is 52.4 Å². The molecule has 1 N–H and O–H groups in total. The monoisotopic (exact) mass is 570 g/mol. The maximum atomic E-state index is 13.2. The number of carbonyl (C=O) groups excluding carboxylic acids is 1. The number of rotatable bonds is 7. The molecule has 0 spiro atoms. The standard InChI is InChI=1S/C27H21Cl3N4O4/c1-36-22-12-16(8-11-21(22)38-13-18-19(29)4-3-5-20(18)30)25-23(26(35)37-2)24(15-6-9-17(28)10-7-15)33-27-31-14-32-34(25)27/h3-12,14,25H,13H2,1-2H3,(H,31,32,33)/t25-/m0/s1. The minimum absolute atomic E-state index is 0.142. The summed E-state index contributed by atoms with van der Waals surface area (Å²) >= 11 is 18.7. The Bertz CT molecular complexity index is 1520. The fraction of sp³-hybridized carbons (Fsp3) is 0.148. The van der Waals surface area contributed by atoms with Crippen LogP contribution in [0.25, 0.3) is 5.70 Å². The highest BCUT2D eigenvalue weighted by atomic mass is 35.5. The highest BCUT2D eigenvalue weighted by Gasteiger charge is 2.36. The van der Waals surface area contributed by atoms with Crippen LogP contribution in [-0.2, 0) is 16.1 Å². The van der Waals surface area contributed by atoms with Gasteiger partial charge in [0.15, 0.2) is 11.5 Å². The van der Waals surface area contributed by atoms with E-state index in [4.69, 9.17) is 49.0 Å². The topological polar surface area (TPSA) is 87.5 Å². The molecule has 1 aromatic heterocycles. The van der Waals surface area contributed by atoms with E-state index in [0.717, 1.165) is 5.56 Å². The third-order valence-electron chi connectivity index (χ3n) is 6.07. The number of halogens is 3. The Morgan fingerprint density at radius 2 is 1.74 bits per heavy atom. The van der Waals surface area contributed by atoms with Gasteiger partial charge in [-0.3, -0.25) is 0 Å². The Kier molecular flexibility index (Phi) is 7.46. The summed E-state index contributed by atoms with van der Waals surface area (Å²) in [7, 11) is 2.87. The number of fused-ring (bicyclic) bond motifs is 1. The largest absolute Gasteiger partial charge is 0.493 e. The van der Waals surface area contributed by atoms with Crippen LogP contribution in [0.4, 0.5) is 5.95 Å². The first-order valence-electron chi connectivity index (χ1n) is 11.4. The molecule has 0 bridgehead atoms. The predicted molar refractivity (Wildman–Crippen MR) is 146 cm³/mol. The first-order chi connectivity index (χ1) is 18.4. The third kappa shape index (κ3) is 4.90. The van der Waals surface area contributed by atoms with Crippen LogP contribution < -0.4 is 14.8 Å². The van der Waals surface area contributed by atoms with Crippen LogP contribution in [0.2, 0.25) is 15.1 Å². The quantitative estimate of drug-likeness (QED) is 0.256. The molecule has 0 saturated heterocycles. The van der Waals surface area contributed by atoms with Gasteiger partial charge in [0.05, 0.1) is 25.5 Å². The van der Waals surface area contributed by atoms with E-state index in [0.29, 0.717) is 54.9 Å². The number of anilines is 1. The van der Waals surface area contributed by atoms with E-state index in [2.05, 4.69) is 15.4 Å². The van der Waals surface area contributed by atoms with Gasteiger partial charge in [-0.15, -0.1) is 0 Å². The normalized spacial score (nSPS) is 14.5. The van der Waals surface area contributed by atoms with Gasteiger partial charge in [0, 0.05) is 20.6 Å². The molecule has 1 atom stereocenters. The molecule has 0 saturated carbocycles. The molecule has 38 heavy (non-hydrogen) atoms. The first kappa shape index (κ1) is 25.9. The number of ether oxygens (including phenoxy) is 3. The lowest BCUT2D eigenvalue weighted by atomic mass is 9.92. The van der Waals surface area contributed by atoms with Crippen molar-refractivity contribution in [2.75, 3.05) is 19.5 Å². The van der Waals surface area contributed by atoms with Crippen molar-refractivity contribution in [1.29, 1.82) is 0 Å². The van der Waals surface area contributed by atoms with E-state index in [9.17, 15) is 4.79 Å². The van der Waals surface area contributed by atoms with Gasteiger partial charge in [0.2, 0.25) is 5.95 Å². The van der Waals surface area contributed by atoms with Crippen LogP contribution in [0, 0.1) is 0 Å². The molecular weight excluding hydrogens is 551 g/mol. The summed E-state index contributed by atoms with van der Waals surface area (Å²) in [6, 6.07) is 17.1. The van der Waals surface area contributed by atoms with Crippen LogP contribution in [0.3, 0.4) is 0 Å². The molecule has 8 nitrogen and oxygen atoms in total. The molecule has 3 aromatic carbocycles. The summed E-state index contributed by atoms with van der Waals surface area (Å²) in [6.07, 6.45) is 1.41. The SMILES string of the molecule is COC(=O)C1=C(c2ccc(Cl)cc2)Nc2ncnn2[C@H]1c1ccc(OCc2c(Cl)cccc2Cl)c(OC)c1. The first-order valence-corrected chi connectivity index (χ1v) is 12.5. The summed E-state index contributed by atoms with van der Waals surface area (Å²) in [5.74, 6) is 0.853. The van der Waals surface area contributed by atoms with Gasteiger partial charge in [-0.2, -0.15) is 10.1 Å². The number of nitrogens with zero attached hydrogens (tertiary/aromatic N) is 3. The average Bonchev–Trinajstić information content (AvgIpc) is 3.40. The molecule has 11 heteroatoms. The predicted octanol–water partition coefficient (Wildman–Crippen LogP) is 6.43. The van der Waals surface area contributed by atoms with E-state index in [1.165, 1.54) is 20.5 Å². The Balaban J connectivity index is 1.58. The van der Waals surface area contributed by atoms with Crippen molar-refractivity contribution in [1.82, 2.24) is 14.8 Å². The van der Waals surface area contributed by atoms with Crippen molar-refractivity contribution in [2.45, 2.75) is 12.6 Å². The van der Waals surface area contributed by atoms with Gasteiger partial charge >= 0.3 is 5.97 Å². The van der Waals surface area contributed by atoms with Crippen LogP contribution in [-0.4, -0.2) is 35.0 Å². The van der Waals surface area contributed by atoms with Crippen LogP contribution in [0.5, 0.6) is 11.5 Å². The zero-order chi connectivity index (χ0) is 26.8. The molecule has 5 rings (SSSR count). The maximum Gasteiger partial charge on any atom is 0.338 e. The van der Waals surface area contributed by atoms with Gasteiger partial charge in [0.25, 0.3) is 0 Å². The molecule has 2 heterocycles. The summed E-state index contributed by atoms with van der Waals surface area (Å²) in [5, 5.41) is 9.17. The molecule has 1 aliphatic heterocycles. The number of esters is 1. The summed E-state index contributed by atoms with van der Waals surface area (Å²) < 4.78 is 18.5. The molecule has 4 aromatic rings. The highest BCUT2D eigenvalue weighted by molar-refractivity contribution is 6.36. The third-order valence-corrected chi connectivity index (χ3v) is 7.03. The van der Waals surface area contributed by atoms with Gasteiger partial charge < -0.3 is 19.5 Å². The maximum absolute atomic E-state index is 13.2. The van der Waals surface area contributed by atoms with E-state index < -0.39 is 12.0 Å². The fourth-order valence-corrected chi connectivity index (χ4v) is 4.87. The van der Waals surface area contributed by atoms with Crippen LogP contribution in [0.1, 0.15) is 22.7 Å². The highest BCUT2D eigenvalue weighted by Crippen LogP contribution is 2.41. The van der Waals surface area contributed by atoms with Crippen LogP contribution in [0.15, 0.2) is 72.6 Å². The molecule has 0 amide bonds. The lowest BCUT2D eigenvalue weighted by Gasteiger charge is -2.29. The molecular formula is C27H21Cl3N4O4. The molecule has 0 unspecified atom stereocenters. The number of nitrogens with one attached hydrogen (secondary N) is 1. The molecule has 1 aliphatic rings. The minimum atomic E-state index is -0.673. The van der Waals surface area contributed by atoms with Gasteiger partial charge in [-0.25, -0.2) is 9.48 Å². The fourth-order valence-electron chi connectivity index (χ4n) is 4.24. The second-order valence-electron chi connectivity index (χ2n) is 8.24. The number of methoxy groups -OCH3 is 2. The molecule has 0 radical (unpaired) electrons. The van der Waals surface area contributed by atoms with E-state index in [-0.39, 0.29) is 6.61 Å². The van der Waals surface area contributed by atoms with Crippen molar-refractivity contribution < 1.29 is 19.0 Å². The van der Waals surface area contributed by atoms with Gasteiger partial charge in [-0.1, -0.05) is 59.1 Å². The van der Waals surface area contributed by atoms with Gasteiger partial charge in [-0.05, 0) is 47.5 Å². The lowest BCUT2D eigenvalue weighted by molar-refractivity contribution is -0.136. The number of benzene rings is 3. The summed E-state index contributed by atoms with van der Waals surface area (Å²) in [4.78, 5) is 17.5. The number of hydrogen-bond acceptors (Lipinski definition) is 7. The molecule has 0 aliphatic carbocycles. The average molecular weight is 572 g/mol. The van der Waals surface area contributed by atoms with Crippen molar-refractivity contribution in [3.63, 3.8) is 0 Å². The van der Waals surface area contributed by atoms with Crippen molar-refractivity contribution in [2.24, 2.45) is 0 Å². The van der Waals surface area contributed by atoms with Crippen LogP contribution >= 0.6 is 34.8 Å². The number of hydrogen-bond donors (Lipinski definition) is 1. The smallest absolute Gasteiger partial charge is 0.338 e. The van der Waals surface area contributed by atoms with Crippen molar-refractivity contribution in [3.8, 4) is 11.5 Å². The molecule has 0 fully saturated rings. The van der Waals surface area contributed by atoms with Gasteiger partial charge in [0.1, 0.15) is 19.0 Å². The Morgan fingerprint density at radius 1 is 1.00 bits per heavy atom. The summed E-state index contributed by atoms with van der Waals surface area (Å²) in [5.41, 5.74) is 2.97. The zero-order valence-corrected chi connectivity index (χ0v) is 22.5. The second-order valence-corrected chi connectivity index (χ2v) is 9.49.